The molecule has 0 spiro atoms. The Morgan fingerprint density at radius 1 is 1.13 bits per heavy atom. The molecule has 1 saturated carbocycles. The highest BCUT2D eigenvalue weighted by Crippen LogP contribution is 2.35. The van der Waals surface area contributed by atoms with E-state index in [1.165, 1.54) is 0 Å². The summed E-state index contributed by atoms with van der Waals surface area (Å²) < 4.78 is 7.05. The van der Waals surface area contributed by atoms with Crippen LogP contribution < -0.4 is 5.32 Å². The van der Waals surface area contributed by atoms with Crippen LogP contribution in [0, 0.1) is 5.92 Å². The molecule has 1 aliphatic carbocycles. The summed E-state index contributed by atoms with van der Waals surface area (Å²) in [7, 11) is 0. The van der Waals surface area contributed by atoms with E-state index in [4.69, 9.17) is 16.1 Å². The standard InChI is InChI=1S/C23H18ClN3O3/c24-16-9-7-14(8-10-16)18-11-25-30-23(18)26-21(28)13-27-12-19(22(29)15-5-6-15)17-3-1-2-4-20(17)27/h1-4,7-12,15H,5-6,13H2,(H,26,28). The summed E-state index contributed by atoms with van der Waals surface area (Å²) in [5.74, 6) is 0.279. The fraction of sp³-hybridized carbons (Fsp3) is 0.174. The zero-order valence-corrected chi connectivity index (χ0v) is 16.7. The Labute approximate surface area is 177 Å². The molecule has 1 N–H and O–H groups in total. The number of nitrogens with zero attached hydrogens (tertiary/aromatic N) is 2. The van der Waals surface area contributed by atoms with Crippen LogP contribution in [0.4, 0.5) is 5.88 Å². The van der Waals surface area contributed by atoms with Gasteiger partial charge in [0.1, 0.15) is 6.54 Å². The van der Waals surface area contributed by atoms with E-state index >= 15 is 0 Å². The third-order valence-electron chi connectivity index (χ3n) is 5.29. The molecule has 0 radical (unpaired) electrons. The predicted molar refractivity (Wildman–Crippen MR) is 115 cm³/mol. The first-order chi connectivity index (χ1) is 14.6. The molecule has 0 bridgehead atoms. The molecular weight excluding hydrogens is 402 g/mol. The molecule has 0 aliphatic heterocycles. The van der Waals surface area contributed by atoms with Gasteiger partial charge in [0.2, 0.25) is 11.8 Å². The molecule has 2 heterocycles. The molecule has 7 heteroatoms. The van der Waals surface area contributed by atoms with Gasteiger partial charge in [0, 0.05) is 33.6 Å². The van der Waals surface area contributed by atoms with Crippen molar-refractivity contribution in [2.75, 3.05) is 5.32 Å². The number of amides is 1. The lowest BCUT2D eigenvalue weighted by Crippen LogP contribution is -2.18. The van der Waals surface area contributed by atoms with Crippen molar-refractivity contribution in [1.29, 1.82) is 0 Å². The highest BCUT2D eigenvalue weighted by molar-refractivity contribution is 6.30. The van der Waals surface area contributed by atoms with Crippen molar-refractivity contribution in [1.82, 2.24) is 9.72 Å². The highest BCUT2D eigenvalue weighted by atomic mass is 35.5. The summed E-state index contributed by atoms with van der Waals surface area (Å²) in [6.45, 7) is 0.0548. The average Bonchev–Trinajstić information content (AvgIpc) is 3.41. The first-order valence-corrected chi connectivity index (χ1v) is 10.1. The van der Waals surface area contributed by atoms with Crippen LogP contribution in [0.15, 0.2) is 65.4 Å². The Morgan fingerprint density at radius 2 is 1.90 bits per heavy atom. The summed E-state index contributed by atoms with van der Waals surface area (Å²) in [5, 5.41) is 8.09. The van der Waals surface area contributed by atoms with Gasteiger partial charge in [-0.25, -0.2) is 0 Å². The van der Waals surface area contributed by atoms with E-state index in [1.54, 1.807) is 29.1 Å². The zero-order chi connectivity index (χ0) is 20.7. The van der Waals surface area contributed by atoms with Gasteiger partial charge >= 0.3 is 0 Å². The largest absolute Gasteiger partial charge is 0.338 e. The highest BCUT2D eigenvalue weighted by Gasteiger charge is 2.32. The quantitative estimate of drug-likeness (QED) is 0.437. The third kappa shape index (κ3) is 3.50. The van der Waals surface area contributed by atoms with Crippen LogP contribution >= 0.6 is 11.6 Å². The predicted octanol–water partition coefficient (Wildman–Crippen LogP) is 5.18. The van der Waals surface area contributed by atoms with Crippen molar-refractivity contribution in [2.45, 2.75) is 19.4 Å². The monoisotopic (exact) mass is 419 g/mol. The zero-order valence-electron chi connectivity index (χ0n) is 16.0. The number of benzene rings is 2. The lowest BCUT2D eigenvalue weighted by atomic mass is 10.1. The van der Waals surface area contributed by atoms with Crippen LogP contribution in [0.3, 0.4) is 0 Å². The number of hydrogen-bond donors (Lipinski definition) is 1. The summed E-state index contributed by atoms with van der Waals surface area (Å²) in [6, 6.07) is 14.8. The van der Waals surface area contributed by atoms with E-state index in [0.717, 1.165) is 29.3 Å². The second-order valence-electron chi connectivity index (χ2n) is 7.45. The first-order valence-electron chi connectivity index (χ1n) is 9.72. The molecular formula is C23H18ClN3O3. The summed E-state index contributed by atoms with van der Waals surface area (Å²) in [5.41, 5.74) is 3.04. The fourth-order valence-electron chi connectivity index (χ4n) is 3.63. The minimum Gasteiger partial charge on any atom is -0.338 e. The van der Waals surface area contributed by atoms with Gasteiger partial charge in [-0.3, -0.25) is 14.9 Å². The Kier molecular flexibility index (Phi) is 4.64. The maximum Gasteiger partial charge on any atom is 0.246 e. The SMILES string of the molecule is O=C(Cn1cc(C(=O)C2CC2)c2ccccc21)Nc1oncc1-c1ccc(Cl)cc1. The summed E-state index contributed by atoms with van der Waals surface area (Å²) in [6.07, 6.45) is 5.22. The van der Waals surface area contributed by atoms with Crippen molar-refractivity contribution in [2.24, 2.45) is 5.92 Å². The number of hydrogen-bond acceptors (Lipinski definition) is 4. The number of rotatable bonds is 6. The Bertz CT molecular complexity index is 1250. The van der Waals surface area contributed by atoms with Crippen LogP contribution in [0.2, 0.25) is 5.02 Å². The smallest absolute Gasteiger partial charge is 0.246 e. The molecule has 6 nitrogen and oxygen atoms in total. The molecule has 4 aromatic rings. The van der Waals surface area contributed by atoms with Gasteiger partial charge in [-0.2, -0.15) is 0 Å². The van der Waals surface area contributed by atoms with Gasteiger partial charge in [0.25, 0.3) is 0 Å². The number of para-hydroxylation sites is 1. The maximum atomic E-state index is 12.8. The van der Waals surface area contributed by atoms with Gasteiger partial charge in [-0.1, -0.05) is 47.1 Å². The number of anilines is 1. The lowest BCUT2D eigenvalue weighted by Gasteiger charge is -2.07. The first kappa shape index (κ1) is 18.6. The van der Waals surface area contributed by atoms with Crippen molar-refractivity contribution in [3.63, 3.8) is 0 Å². The molecule has 0 unspecified atom stereocenters. The van der Waals surface area contributed by atoms with Crippen molar-refractivity contribution in [3.05, 3.63) is 71.5 Å². The molecule has 1 amide bonds. The third-order valence-corrected chi connectivity index (χ3v) is 5.55. The molecule has 5 rings (SSSR count). The molecule has 1 aliphatic rings. The number of Topliss-reactive ketones (excluding diaryl/α,β-unsaturated/α-hetero) is 1. The van der Waals surface area contributed by atoms with Crippen molar-refractivity contribution < 1.29 is 14.1 Å². The van der Waals surface area contributed by atoms with E-state index < -0.39 is 0 Å². The summed E-state index contributed by atoms with van der Waals surface area (Å²) >= 11 is 5.95. The maximum absolute atomic E-state index is 12.8. The Balaban J connectivity index is 1.39. The van der Waals surface area contributed by atoms with E-state index in [9.17, 15) is 9.59 Å². The number of carbonyl (C=O) groups excluding carboxylic acids is 2. The van der Waals surface area contributed by atoms with Crippen LogP contribution in [-0.2, 0) is 11.3 Å². The van der Waals surface area contributed by atoms with Gasteiger partial charge in [0.05, 0.1) is 11.8 Å². The molecule has 0 atom stereocenters. The number of nitrogens with one attached hydrogen (secondary N) is 1. The van der Waals surface area contributed by atoms with Crippen molar-refractivity contribution >= 4 is 40.1 Å². The van der Waals surface area contributed by atoms with E-state index in [-0.39, 0.29) is 30.0 Å². The number of aromatic nitrogens is 2. The van der Waals surface area contributed by atoms with Crippen LogP contribution in [0.1, 0.15) is 23.2 Å². The van der Waals surface area contributed by atoms with E-state index in [1.807, 2.05) is 36.4 Å². The molecule has 30 heavy (non-hydrogen) atoms. The average molecular weight is 420 g/mol. The minimum absolute atomic E-state index is 0.0548. The fourth-order valence-corrected chi connectivity index (χ4v) is 3.75. The number of fused-ring (bicyclic) bond motifs is 1. The van der Waals surface area contributed by atoms with Crippen molar-refractivity contribution in [3.8, 4) is 11.1 Å². The second-order valence-corrected chi connectivity index (χ2v) is 7.89. The molecule has 2 aromatic heterocycles. The summed E-state index contributed by atoms with van der Waals surface area (Å²) in [4.78, 5) is 25.4. The molecule has 150 valence electrons. The van der Waals surface area contributed by atoms with Gasteiger partial charge in [-0.05, 0) is 36.6 Å². The van der Waals surface area contributed by atoms with E-state index in [0.29, 0.717) is 16.1 Å². The molecule has 1 fully saturated rings. The van der Waals surface area contributed by atoms with Crippen LogP contribution in [-0.4, -0.2) is 21.4 Å². The molecule has 2 aromatic carbocycles. The van der Waals surface area contributed by atoms with Crippen LogP contribution in [0.25, 0.3) is 22.0 Å². The lowest BCUT2D eigenvalue weighted by molar-refractivity contribution is -0.116. The van der Waals surface area contributed by atoms with Gasteiger partial charge < -0.3 is 9.09 Å². The van der Waals surface area contributed by atoms with Gasteiger partial charge in [-0.15, -0.1) is 0 Å². The molecule has 0 saturated heterocycles. The Hall–Kier alpha value is -3.38. The van der Waals surface area contributed by atoms with E-state index in [2.05, 4.69) is 10.5 Å². The van der Waals surface area contributed by atoms with Gasteiger partial charge in [0.15, 0.2) is 5.78 Å². The number of halogens is 1. The van der Waals surface area contributed by atoms with Crippen LogP contribution in [0.5, 0.6) is 0 Å². The number of ketones is 1. The topological polar surface area (TPSA) is 77.1 Å². The minimum atomic E-state index is -0.270. The Morgan fingerprint density at radius 3 is 2.67 bits per heavy atom. The number of carbonyl (C=O) groups is 2. The normalized spacial score (nSPS) is 13.5. The second kappa shape index (κ2) is 7.46.